The Balaban J connectivity index is 1.64. The topological polar surface area (TPSA) is 55.3 Å². The van der Waals surface area contributed by atoms with Crippen molar-refractivity contribution < 1.29 is 9.53 Å². The molecule has 0 saturated carbocycles. The van der Waals surface area contributed by atoms with Crippen molar-refractivity contribution in [3.63, 3.8) is 0 Å². The Labute approximate surface area is 180 Å². The monoisotopic (exact) mass is 417 g/mol. The Morgan fingerprint density at radius 3 is 2.50 bits per heavy atom. The van der Waals surface area contributed by atoms with E-state index in [2.05, 4.69) is 24.0 Å². The highest BCUT2D eigenvalue weighted by molar-refractivity contribution is 7.22. The maximum Gasteiger partial charge on any atom is 0.267 e. The third-order valence-corrected chi connectivity index (χ3v) is 6.12. The largest absolute Gasteiger partial charge is 0.484 e. The molecule has 0 bridgehead atoms. The first-order chi connectivity index (χ1) is 14.5. The molecule has 0 aliphatic heterocycles. The van der Waals surface area contributed by atoms with E-state index in [0.717, 1.165) is 32.5 Å². The molecule has 2 aromatic carbocycles. The van der Waals surface area contributed by atoms with Gasteiger partial charge in [-0.25, -0.2) is 4.98 Å². The molecule has 0 radical (unpaired) electrons. The molecule has 4 rings (SSSR count). The summed E-state index contributed by atoms with van der Waals surface area (Å²) in [5, 5.41) is 0.670. The number of aryl methyl sites for hydroxylation is 3. The second kappa shape index (κ2) is 8.63. The molecule has 0 aliphatic carbocycles. The van der Waals surface area contributed by atoms with E-state index in [9.17, 15) is 4.79 Å². The lowest BCUT2D eigenvalue weighted by Gasteiger charge is -2.20. The summed E-state index contributed by atoms with van der Waals surface area (Å²) in [5.74, 6) is 0.528. The van der Waals surface area contributed by atoms with Crippen molar-refractivity contribution >= 4 is 32.6 Å². The number of aromatic nitrogens is 2. The Hall–Kier alpha value is -3.25. The first-order valence-electron chi connectivity index (χ1n) is 9.77. The predicted molar refractivity (Wildman–Crippen MR) is 121 cm³/mol. The molecule has 0 unspecified atom stereocenters. The number of hydrogen-bond donors (Lipinski definition) is 0. The number of ether oxygens (including phenoxy) is 1. The number of amides is 1. The number of nitrogens with zero attached hydrogens (tertiary/aromatic N) is 3. The molecule has 0 fully saturated rings. The van der Waals surface area contributed by atoms with Crippen LogP contribution >= 0.6 is 11.3 Å². The summed E-state index contributed by atoms with van der Waals surface area (Å²) in [5.41, 5.74) is 5.28. The summed E-state index contributed by atoms with van der Waals surface area (Å²) >= 11 is 1.54. The smallest absolute Gasteiger partial charge is 0.267 e. The van der Waals surface area contributed by atoms with Crippen molar-refractivity contribution in [2.24, 2.45) is 0 Å². The van der Waals surface area contributed by atoms with Crippen LogP contribution < -0.4 is 9.64 Å². The number of hydrogen-bond acceptors (Lipinski definition) is 5. The Kier molecular flexibility index (Phi) is 5.77. The summed E-state index contributed by atoms with van der Waals surface area (Å²) in [4.78, 5) is 23.9. The number of carbonyl (C=O) groups excluding carboxylic acids is 1. The van der Waals surface area contributed by atoms with Gasteiger partial charge in [-0.2, -0.15) is 0 Å². The van der Waals surface area contributed by atoms with E-state index in [0.29, 0.717) is 17.4 Å². The average molecular weight is 418 g/mol. The molecule has 6 heteroatoms. The number of benzene rings is 2. The third-order valence-electron chi connectivity index (χ3n) is 4.91. The average Bonchev–Trinajstić information content (AvgIpc) is 3.21. The normalized spacial score (nSPS) is 10.9. The number of anilines is 1. The van der Waals surface area contributed by atoms with Gasteiger partial charge in [0.05, 0.1) is 16.8 Å². The molecule has 0 N–H and O–H groups in total. The van der Waals surface area contributed by atoms with Crippen LogP contribution in [-0.4, -0.2) is 22.5 Å². The molecule has 2 heterocycles. The molecule has 152 valence electrons. The van der Waals surface area contributed by atoms with Crippen molar-refractivity contribution in [3.8, 4) is 5.75 Å². The van der Waals surface area contributed by atoms with E-state index in [1.165, 1.54) is 11.3 Å². The fourth-order valence-corrected chi connectivity index (χ4v) is 4.29. The van der Waals surface area contributed by atoms with Crippen molar-refractivity contribution in [1.29, 1.82) is 0 Å². The molecule has 2 aromatic heterocycles. The highest BCUT2D eigenvalue weighted by Crippen LogP contribution is 2.33. The van der Waals surface area contributed by atoms with E-state index in [1.807, 2.05) is 50.2 Å². The summed E-state index contributed by atoms with van der Waals surface area (Å²) in [6.45, 7) is 6.46. The van der Waals surface area contributed by atoms with Gasteiger partial charge in [0.2, 0.25) is 0 Å². The van der Waals surface area contributed by atoms with Gasteiger partial charge in [-0.05, 0) is 55.7 Å². The van der Waals surface area contributed by atoms with Gasteiger partial charge in [-0.1, -0.05) is 47.2 Å². The molecule has 0 aliphatic rings. The van der Waals surface area contributed by atoms with Crippen molar-refractivity contribution in [3.05, 3.63) is 83.2 Å². The Bertz CT molecular complexity index is 1130. The maximum absolute atomic E-state index is 13.2. The van der Waals surface area contributed by atoms with Gasteiger partial charge in [0.25, 0.3) is 5.91 Å². The Morgan fingerprint density at radius 1 is 1.03 bits per heavy atom. The zero-order valence-electron chi connectivity index (χ0n) is 17.3. The molecular formula is C24H23N3O2S. The third kappa shape index (κ3) is 4.33. The summed E-state index contributed by atoms with van der Waals surface area (Å²) < 4.78 is 6.86. The molecule has 30 heavy (non-hydrogen) atoms. The van der Waals surface area contributed by atoms with Gasteiger partial charge in [0.1, 0.15) is 5.75 Å². The summed E-state index contributed by atoms with van der Waals surface area (Å²) in [6, 6.07) is 15.7. The van der Waals surface area contributed by atoms with E-state index < -0.39 is 0 Å². The van der Waals surface area contributed by atoms with E-state index >= 15 is 0 Å². The van der Waals surface area contributed by atoms with Crippen LogP contribution in [-0.2, 0) is 11.3 Å². The number of thiazole rings is 1. The van der Waals surface area contributed by atoms with Crippen LogP contribution in [0, 0.1) is 20.8 Å². The maximum atomic E-state index is 13.2. The predicted octanol–water partition coefficient (Wildman–Crippen LogP) is 5.23. The quantitative estimate of drug-likeness (QED) is 0.431. The fourth-order valence-electron chi connectivity index (χ4n) is 3.16. The molecule has 5 nitrogen and oxygen atoms in total. The number of pyridine rings is 1. The van der Waals surface area contributed by atoms with Crippen LogP contribution in [0.1, 0.15) is 22.3 Å². The van der Waals surface area contributed by atoms with Gasteiger partial charge in [0, 0.05) is 12.4 Å². The van der Waals surface area contributed by atoms with Crippen LogP contribution in [0.2, 0.25) is 0 Å². The van der Waals surface area contributed by atoms with E-state index in [-0.39, 0.29) is 12.5 Å². The van der Waals surface area contributed by atoms with Crippen LogP contribution in [0.3, 0.4) is 0 Å². The van der Waals surface area contributed by atoms with Crippen molar-refractivity contribution in [1.82, 2.24) is 9.97 Å². The SMILES string of the molecule is Cc1ccc(OCC(=O)N(Cc2cccnc2)c2nc3c(C)ccc(C)c3s2)cc1. The van der Waals surface area contributed by atoms with E-state index in [1.54, 1.807) is 17.3 Å². The van der Waals surface area contributed by atoms with Crippen molar-refractivity contribution in [2.75, 3.05) is 11.5 Å². The van der Waals surface area contributed by atoms with Crippen LogP contribution in [0.15, 0.2) is 60.9 Å². The standard InChI is InChI=1S/C24H23N3O2S/c1-16-6-10-20(11-7-16)29-15-21(28)27(14-19-5-4-12-25-13-19)24-26-22-17(2)8-9-18(3)23(22)30-24/h4-13H,14-15H2,1-3H3. The number of carbonyl (C=O) groups is 1. The minimum Gasteiger partial charge on any atom is -0.484 e. The highest BCUT2D eigenvalue weighted by atomic mass is 32.1. The molecule has 0 saturated heterocycles. The minimum atomic E-state index is -0.145. The van der Waals surface area contributed by atoms with Crippen LogP contribution in [0.4, 0.5) is 5.13 Å². The van der Waals surface area contributed by atoms with Gasteiger partial charge < -0.3 is 4.74 Å². The zero-order chi connectivity index (χ0) is 21.1. The zero-order valence-corrected chi connectivity index (χ0v) is 18.1. The Morgan fingerprint density at radius 2 is 1.80 bits per heavy atom. The first-order valence-corrected chi connectivity index (χ1v) is 10.6. The summed E-state index contributed by atoms with van der Waals surface area (Å²) in [7, 11) is 0. The second-order valence-electron chi connectivity index (χ2n) is 7.32. The summed E-state index contributed by atoms with van der Waals surface area (Å²) in [6.07, 6.45) is 3.49. The second-order valence-corrected chi connectivity index (χ2v) is 8.29. The molecule has 0 atom stereocenters. The van der Waals surface area contributed by atoms with Crippen molar-refractivity contribution in [2.45, 2.75) is 27.3 Å². The van der Waals surface area contributed by atoms with Crippen LogP contribution in [0.25, 0.3) is 10.2 Å². The van der Waals surface area contributed by atoms with Gasteiger partial charge >= 0.3 is 0 Å². The van der Waals surface area contributed by atoms with E-state index in [4.69, 9.17) is 9.72 Å². The van der Waals surface area contributed by atoms with Gasteiger partial charge in [0.15, 0.2) is 11.7 Å². The lowest BCUT2D eigenvalue weighted by atomic mass is 10.1. The fraction of sp³-hybridized carbons (Fsp3) is 0.208. The molecular weight excluding hydrogens is 394 g/mol. The minimum absolute atomic E-state index is 0.0583. The molecule has 4 aromatic rings. The number of fused-ring (bicyclic) bond motifs is 1. The van der Waals surface area contributed by atoms with Crippen LogP contribution in [0.5, 0.6) is 5.75 Å². The number of rotatable bonds is 6. The molecule has 1 amide bonds. The first kappa shape index (κ1) is 20.0. The highest BCUT2D eigenvalue weighted by Gasteiger charge is 2.22. The molecule has 0 spiro atoms. The van der Waals surface area contributed by atoms with Gasteiger partial charge in [-0.3, -0.25) is 14.7 Å². The van der Waals surface area contributed by atoms with Gasteiger partial charge in [-0.15, -0.1) is 0 Å². The lowest BCUT2D eigenvalue weighted by molar-refractivity contribution is -0.120. The lowest BCUT2D eigenvalue weighted by Crippen LogP contribution is -2.34.